The Labute approximate surface area is 178 Å². The van der Waals surface area contributed by atoms with Crippen LogP contribution in [0.1, 0.15) is 50.9 Å². The molecular formula is C24H29N3O3. The minimum Gasteiger partial charge on any atom is -0.392 e. The van der Waals surface area contributed by atoms with Gasteiger partial charge in [0.25, 0.3) is 0 Å². The van der Waals surface area contributed by atoms with Gasteiger partial charge in [-0.05, 0) is 54.4 Å². The number of nitrogens with one attached hydrogen (secondary N) is 1. The number of allylic oxidation sites excluding steroid dienone is 1. The maximum Gasteiger partial charge on any atom is 0.189 e. The van der Waals surface area contributed by atoms with Crippen LogP contribution in [0.25, 0.3) is 15.7 Å². The third-order valence-corrected chi connectivity index (χ3v) is 6.81. The third-order valence-electron chi connectivity index (χ3n) is 6.81. The maximum absolute atomic E-state index is 12.5. The molecule has 3 atom stereocenters. The van der Waals surface area contributed by atoms with E-state index in [2.05, 4.69) is 21.7 Å². The Morgan fingerprint density at radius 1 is 1.47 bits per heavy atom. The first-order chi connectivity index (χ1) is 14.9. The van der Waals surface area contributed by atoms with Gasteiger partial charge in [0, 0.05) is 29.7 Å². The van der Waals surface area contributed by atoms with Gasteiger partial charge in [0.1, 0.15) is 6.61 Å². The van der Waals surface area contributed by atoms with E-state index in [-0.39, 0.29) is 24.2 Å². The lowest BCUT2D eigenvalue weighted by Gasteiger charge is -2.46. The Bertz CT molecular complexity index is 1100. The summed E-state index contributed by atoms with van der Waals surface area (Å²) >= 11 is 0. The summed E-state index contributed by atoms with van der Waals surface area (Å²) in [5.74, 6) is -0.121. The van der Waals surface area contributed by atoms with E-state index in [9.17, 15) is 16.4 Å². The molecule has 158 valence electrons. The van der Waals surface area contributed by atoms with Crippen molar-refractivity contribution in [2.45, 2.75) is 45.7 Å². The van der Waals surface area contributed by atoms with E-state index in [1.807, 2.05) is 6.92 Å². The minimum absolute atomic E-state index is 0.100. The number of benzene rings is 1. The van der Waals surface area contributed by atoms with E-state index in [0.717, 1.165) is 48.1 Å². The Hall–Kier alpha value is -2.46. The zero-order chi connectivity index (χ0) is 22.3. The fraction of sp³-hybridized carbons (Fsp3) is 0.500. The van der Waals surface area contributed by atoms with Crippen LogP contribution in [0.5, 0.6) is 0 Å². The highest BCUT2D eigenvalue weighted by molar-refractivity contribution is 5.96. The number of nitrogens with zero attached hydrogens (tertiary/aromatic N) is 2. The molecule has 3 N–H and O–H groups in total. The fourth-order valence-electron chi connectivity index (χ4n) is 5.37. The number of aromatic nitrogens is 1. The number of H-pyrrole nitrogens is 1. The Morgan fingerprint density at radius 2 is 2.27 bits per heavy atom. The molecule has 3 heterocycles. The summed E-state index contributed by atoms with van der Waals surface area (Å²) in [5, 5.41) is 20.3. The zero-order valence-corrected chi connectivity index (χ0v) is 17.5. The number of carbonyl (C=O) groups is 1. The van der Waals surface area contributed by atoms with Gasteiger partial charge in [-0.15, -0.1) is 0 Å². The summed E-state index contributed by atoms with van der Waals surface area (Å²) < 4.78 is 9.55. The van der Waals surface area contributed by atoms with Crippen LogP contribution >= 0.6 is 0 Å². The highest BCUT2D eigenvalue weighted by Gasteiger charge is 2.41. The predicted octanol–water partition coefficient (Wildman–Crippen LogP) is 3.66. The van der Waals surface area contributed by atoms with Crippen LogP contribution in [-0.2, 0) is 17.8 Å². The number of Topliss-reactive ketones (excluding diaryl/α,β-unsaturated/α-hetero) is 1. The normalized spacial score (nSPS) is 27.3. The van der Waals surface area contributed by atoms with E-state index < -0.39 is 12.6 Å². The summed E-state index contributed by atoms with van der Waals surface area (Å²) in [6.07, 6.45) is 3.93. The molecule has 2 aliphatic heterocycles. The van der Waals surface area contributed by atoms with Crippen LogP contribution in [0.2, 0.25) is 0 Å². The number of rotatable bonds is 5. The van der Waals surface area contributed by atoms with Crippen molar-refractivity contribution in [2.75, 3.05) is 19.7 Å². The van der Waals surface area contributed by atoms with Crippen molar-refractivity contribution in [3.05, 3.63) is 52.0 Å². The summed E-state index contributed by atoms with van der Waals surface area (Å²) in [7, 11) is 0. The summed E-state index contributed by atoms with van der Waals surface area (Å²) in [6, 6.07) is 2.48. The van der Waals surface area contributed by atoms with E-state index in [1.165, 1.54) is 0 Å². The van der Waals surface area contributed by atoms with E-state index >= 15 is 0 Å². The van der Waals surface area contributed by atoms with Crippen molar-refractivity contribution in [1.82, 2.24) is 9.88 Å². The molecule has 30 heavy (non-hydrogen) atoms. The van der Waals surface area contributed by atoms with Crippen molar-refractivity contribution in [1.29, 1.82) is 0 Å². The number of hydrogen-bond acceptors (Lipinski definition) is 4. The van der Waals surface area contributed by atoms with Gasteiger partial charge < -0.3 is 15.2 Å². The summed E-state index contributed by atoms with van der Waals surface area (Å²) in [6.45, 7) is 12.1. The zero-order valence-electron chi connectivity index (χ0n) is 18.5. The monoisotopic (exact) mass is 408 g/mol. The van der Waals surface area contributed by atoms with Crippen LogP contribution in [-0.4, -0.2) is 45.6 Å². The van der Waals surface area contributed by atoms with E-state index in [1.54, 1.807) is 18.2 Å². The number of carbonyl (C=O) groups excluding carboxylic acids is 1. The number of aromatic amines is 1. The average Bonchev–Trinajstić information content (AvgIpc) is 3.18. The largest absolute Gasteiger partial charge is 0.392 e. The first-order valence-corrected chi connectivity index (χ1v) is 10.6. The first-order valence-electron chi connectivity index (χ1n) is 11.1. The third kappa shape index (κ3) is 3.27. The van der Waals surface area contributed by atoms with Crippen molar-refractivity contribution in [2.24, 2.45) is 11.8 Å². The molecule has 1 aromatic heterocycles. The van der Waals surface area contributed by atoms with Gasteiger partial charge >= 0.3 is 0 Å². The lowest BCUT2D eigenvalue weighted by molar-refractivity contribution is -0.119. The molecule has 6 nitrogen and oxygen atoms in total. The highest BCUT2D eigenvalue weighted by Crippen LogP contribution is 2.46. The van der Waals surface area contributed by atoms with Crippen LogP contribution in [0, 0.1) is 18.4 Å². The highest BCUT2D eigenvalue weighted by atomic mass is 16.3. The molecule has 1 saturated heterocycles. The molecule has 0 radical (unpaired) electrons. The topological polar surface area (TPSA) is 80.9 Å². The molecule has 0 unspecified atom stereocenters. The SMILES string of the molecule is [2H][C@@]12C[C@H](/C(=C\C)C(=O)CO)[C@H](CC)CN1CCc1c2[nH]c2cc([N+]#[C-])cc(CO)c12. The summed E-state index contributed by atoms with van der Waals surface area (Å²) in [4.78, 5) is 21.6. The molecular weight excluding hydrogens is 378 g/mol. The van der Waals surface area contributed by atoms with Crippen molar-refractivity contribution in [3.63, 3.8) is 0 Å². The van der Waals surface area contributed by atoms with Gasteiger partial charge in [0.05, 0.1) is 20.6 Å². The van der Waals surface area contributed by atoms with Crippen LogP contribution in [0.4, 0.5) is 5.69 Å². The molecule has 0 spiro atoms. The smallest absolute Gasteiger partial charge is 0.189 e. The number of fused-ring (bicyclic) bond motifs is 5. The Kier molecular flexibility index (Phi) is 5.43. The minimum atomic E-state index is -1.03. The van der Waals surface area contributed by atoms with Gasteiger partial charge in [-0.3, -0.25) is 9.69 Å². The molecule has 0 bridgehead atoms. The molecule has 6 heteroatoms. The number of aliphatic hydroxyl groups is 2. The molecule has 0 saturated carbocycles. The number of ketones is 1. The van der Waals surface area contributed by atoms with E-state index in [0.29, 0.717) is 23.2 Å². The number of aliphatic hydroxyl groups excluding tert-OH is 2. The molecule has 1 aromatic carbocycles. The van der Waals surface area contributed by atoms with Gasteiger partial charge in [0.15, 0.2) is 11.5 Å². The lowest BCUT2D eigenvalue weighted by Crippen LogP contribution is -2.47. The first kappa shape index (κ1) is 19.5. The standard InChI is InChI=1S/C24H29N3O3/c1-4-14-11-27-7-6-18-23-15(12-28)8-16(25-3)9-20(23)26-24(18)21(27)10-19(14)17(5-2)22(30)13-29/h5,8-9,14,19,21,26,28-29H,4,6-7,10-13H2,1-2H3/b17-5+/t14-,19+,21+/m1/s1/i21D. The van der Waals surface area contributed by atoms with Gasteiger partial charge in [-0.25, -0.2) is 4.85 Å². The van der Waals surface area contributed by atoms with Crippen molar-refractivity contribution in [3.8, 4) is 0 Å². The average molecular weight is 409 g/mol. The van der Waals surface area contributed by atoms with Gasteiger partial charge in [-0.2, -0.15) is 0 Å². The molecule has 2 aliphatic rings. The Balaban J connectivity index is 1.86. The lowest BCUT2D eigenvalue weighted by atomic mass is 9.73. The number of piperidine rings is 1. The van der Waals surface area contributed by atoms with E-state index in [4.69, 9.17) is 6.57 Å². The molecule has 0 amide bonds. The maximum atomic E-state index is 12.5. The van der Waals surface area contributed by atoms with Crippen LogP contribution < -0.4 is 0 Å². The fourth-order valence-corrected chi connectivity index (χ4v) is 5.37. The second-order valence-corrected chi connectivity index (χ2v) is 8.22. The predicted molar refractivity (Wildman–Crippen MR) is 116 cm³/mol. The molecule has 0 aliphatic carbocycles. The second kappa shape index (κ2) is 8.35. The second-order valence-electron chi connectivity index (χ2n) is 8.22. The van der Waals surface area contributed by atoms with Crippen molar-refractivity contribution >= 4 is 22.4 Å². The molecule has 1 fully saturated rings. The van der Waals surface area contributed by atoms with Crippen LogP contribution in [0.3, 0.4) is 0 Å². The van der Waals surface area contributed by atoms with Crippen LogP contribution in [0.15, 0.2) is 23.8 Å². The molecule has 2 aromatic rings. The Morgan fingerprint density at radius 3 is 2.90 bits per heavy atom. The number of hydrogen-bond donors (Lipinski definition) is 3. The quantitative estimate of drug-likeness (QED) is 0.521. The van der Waals surface area contributed by atoms with Crippen molar-refractivity contribution < 1.29 is 16.4 Å². The molecule has 4 rings (SSSR count). The summed E-state index contributed by atoms with van der Waals surface area (Å²) in [5.41, 5.74) is 4.41. The van der Waals surface area contributed by atoms with Gasteiger partial charge in [-0.1, -0.05) is 25.5 Å². The van der Waals surface area contributed by atoms with Gasteiger partial charge in [0.2, 0.25) is 0 Å².